The van der Waals surface area contributed by atoms with Crippen LogP contribution in [0.2, 0.25) is 0 Å². The lowest BCUT2D eigenvalue weighted by Gasteiger charge is -2.60. The Bertz CT molecular complexity index is 536. The van der Waals surface area contributed by atoms with Crippen LogP contribution in [0.15, 0.2) is 0 Å². The molecule has 4 saturated carbocycles. The normalized spacial score (nSPS) is 51.9. The Morgan fingerprint density at radius 2 is 1.79 bits per heavy atom. The lowest BCUT2D eigenvalue weighted by Crippen LogP contribution is -2.58. The maximum Gasteiger partial charge on any atom is 0.0604 e. The van der Waals surface area contributed by atoms with E-state index in [4.69, 9.17) is 0 Å². The summed E-state index contributed by atoms with van der Waals surface area (Å²) in [5.41, 5.74) is 0.371. The Morgan fingerprint density at radius 3 is 2.50 bits per heavy atom. The Balaban J connectivity index is 1.58. The van der Waals surface area contributed by atoms with Crippen LogP contribution in [0, 0.1) is 52.8 Å². The molecule has 0 bridgehead atoms. The van der Waals surface area contributed by atoms with E-state index in [1.807, 2.05) is 0 Å². The van der Waals surface area contributed by atoms with E-state index >= 15 is 0 Å². The lowest BCUT2D eigenvalue weighted by molar-refractivity contribution is -0.167. The number of aliphatic hydroxyl groups excluding tert-OH is 3. The molecule has 3 unspecified atom stereocenters. The fourth-order valence-corrected chi connectivity index (χ4v) is 9.12. The van der Waals surface area contributed by atoms with Crippen LogP contribution in [-0.2, 0) is 0 Å². The highest BCUT2D eigenvalue weighted by Gasteiger charge is 2.61. The van der Waals surface area contributed by atoms with Gasteiger partial charge in [0.25, 0.3) is 0 Å². The van der Waals surface area contributed by atoms with E-state index < -0.39 is 0 Å². The quantitative estimate of drug-likeness (QED) is 0.639. The van der Waals surface area contributed by atoms with Crippen molar-refractivity contribution in [1.82, 2.24) is 0 Å². The average molecular weight is 393 g/mol. The highest BCUT2D eigenvalue weighted by atomic mass is 16.3. The van der Waals surface area contributed by atoms with Crippen molar-refractivity contribution in [2.45, 2.75) is 97.2 Å². The van der Waals surface area contributed by atoms with Gasteiger partial charge in [0.2, 0.25) is 0 Å². The van der Waals surface area contributed by atoms with Gasteiger partial charge in [0.1, 0.15) is 0 Å². The van der Waals surface area contributed by atoms with Crippen molar-refractivity contribution in [3.05, 3.63) is 0 Å². The monoisotopic (exact) mass is 392 g/mol. The van der Waals surface area contributed by atoms with Crippen LogP contribution in [0.5, 0.6) is 0 Å². The molecule has 4 rings (SSSR count). The zero-order valence-corrected chi connectivity index (χ0v) is 18.4. The number of hydrogen-bond acceptors (Lipinski definition) is 3. The van der Waals surface area contributed by atoms with Crippen LogP contribution in [0.4, 0.5) is 0 Å². The maximum absolute atomic E-state index is 11.6. The van der Waals surface area contributed by atoms with Crippen molar-refractivity contribution in [1.29, 1.82) is 0 Å². The number of rotatable bonds is 5. The van der Waals surface area contributed by atoms with Crippen molar-refractivity contribution in [2.75, 3.05) is 6.61 Å². The summed E-state index contributed by atoms with van der Waals surface area (Å²) >= 11 is 0. The minimum Gasteiger partial charge on any atom is -0.396 e. The average Bonchev–Trinajstić information content (AvgIpc) is 3.03. The van der Waals surface area contributed by atoms with Gasteiger partial charge in [-0.25, -0.2) is 0 Å². The van der Waals surface area contributed by atoms with Gasteiger partial charge in [-0.15, -0.1) is 0 Å². The van der Waals surface area contributed by atoms with E-state index in [2.05, 4.69) is 20.8 Å². The molecular weight excluding hydrogens is 348 g/mol. The molecule has 0 aliphatic heterocycles. The first-order chi connectivity index (χ1) is 13.4. The molecule has 0 amide bonds. The summed E-state index contributed by atoms with van der Waals surface area (Å²) in [6, 6.07) is 0. The van der Waals surface area contributed by atoms with Gasteiger partial charge in [-0.05, 0) is 111 Å². The fraction of sp³-hybridized carbons (Fsp3) is 1.00. The van der Waals surface area contributed by atoms with E-state index in [9.17, 15) is 15.3 Å². The van der Waals surface area contributed by atoms with Gasteiger partial charge in [0.05, 0.1) is 12.2 Å². The second-order valence-electron chi connectivity index (χ2n) is 11.3. The zero-order chi connectivity index (χ0) is 20.1. The first-order valence-electron chi connectivity index (χ1n) is 12.4. The van der Waals surface area contributed by atoms with Gasteiger partial charge in [0.15, 0.2) is 0 Å². The van der Waals surface area contributed by atoms with Crippen LogP contribution in [0.1, 0.15) is 85.0 Å². The van der Waals surface area contributed by atoms with E-state index in [0.717, 1.165) is 43.9 Å². The van der Waals surface area contributed by atoms with Crippen LogP contribution < -0.4 is 0 Å². The van der Waals surface area contributed by atoms with E-state index in [-0.39, 0.29) is 12.2 Å². The third-order valence-corrected chi connectivity index (χ3v) is 10.3. The van der Waals surface area contributed by atoms with Crippen molar-refractivity contribution >= 4 is 0 Å². The second kappa shape index (κ2) is 8.19. The van der Waals surface area contributed by atoms with Crippen LogP contribution in [0.25, 0.3) is 0 Å². The minimum atomic E-state index is -0.169. The molecule has 4 fully saturated rings. The highest BCUT2D eigenvalue weighted by molar-refractivity contribution is 5.10. The molecule has 0 aromatic rings. The van der Waals surface area contributed by atoms with E-state index in [1.165, 1.54) is 32.1 Å². The molecule has 0 spiro atoms. The number of hydrogen-bond donors (Lipinski definition) is 3. The first-order valence-corrected chi connectivity index (χ1v) is 12.4. The summed E-state index contributed by atoms with van der Waals surface area (Å²) in [6.45, 7) is 7.52. The second-order valence-corrected chi connectivity index (χ2v) is 11.3. The third kappa shape index (κ3) is 3.28. The molecule has 0 heterocycles. The van der Waals surface area contributed by atoms with Gasteiger partial charge in [0, 0.05) is 6.61 Å². The molecule has 28 heavy (non-hydrogen) atoms. The standard InChI is InChI=1S/C25H44O3/c1-4-17-20-14-16(27)7-8-18(20)19-11-12-25(3)21(15(2)6-5-13-26)9-10-22(25)23(19)24(17)28/h15-24,26-28H,4-14H2,1-3H3/t15-,16+,17+,18-,19?,20+,21-,22?,23?,24-,25-/m1/s1. The molecule has 4 aliphatic rings. The summed E-state index contributed by atoms with van der Waals surface area (Å²) in [7, 11) is 0. The van der Waals surface area contributed by atoms with Gasteiger partial charge < -0.3 is 15.3 Å². The molecule has 11 atom stereocenters. The van der Waals surface area contributed by atoms with Gasteiger partial charge >= 0.3 is 0 Å². The molecule has 162 valence electrons. The fourth-order valence-electron chi connectivity index (χ4n) is 9.12. The SMILES string of the molecule is CC[C@H]1[C@@H]2C[C@@H](O)CC[C@@H]2C2CC[C@@]3(C)C(CC[C@@H]3[C@H](C)CCCO)C2[C@@H]1O. The zero-order valence-electron chi connectivity index (χ0n) is 18.4. The summed E-state index contributed by atoms with van der Waals surface area (Å²) in [5, 5.41) is 31.2. The van der Waals surface area contributed by atoms with Crippen LogP contribution in [-0.4, -0.2) is 34.1 Å². The lowest BCUT2D eigenvalue weighted by atomic mass is 9.46. The molecule has 0 radical (unpaired) electrons. The number of aliphatic hydroxyl groups is 3. The van der Waals surface area contributed by atoms with Crippen LogP contribution in [0.3, 0.4) is 0 Å². The van der Waals surface area contributed by atoms with Crippen molar-refractivity contribution in [3.8, 4) is 0 Å². The first kappa shape index (κ1) is 21.1. The van der Waals surface area contributed by atoms with E-state index in [1.54, 1.807) is 0 Å². The summed E-state index contributed by atoms with van der Waals surface area (Å²) in [6.07, 6.45) is 11.1. The molecule has 4 aliphatic carbocycles. The predicted molar refractivity (Wildman–Crippen MR) is 113 cm³/mol. The molecular formula is C25H44O3. The Morgan fingerprint density at radius 1 is 1.00 bits per heavy atom. The molecule has 0 aromatic heterocycles. The van der Waals surface area contributed by atoms with E-state index in [0.29, 0.717) is 47.5 Å². The predicted octanol–water partition coefficient (Wildman–Crippen LogP) is 4.63. The van der Waals surface area contributed by atoms with Crippen molar-refractivity contribution in [2.24, 2.45) is 52.8 Å². The highest BCUT2D eigenvalue weighted by Crippen LogP contribution is 2.66. The van der Waals surface area contributed by atoms with Gasteiger partial charge in [-0.1, -0.05) is 27.2 Å². The smallest absolute Gasteiger partial charge is 0.0604 e. The summed E-state index contributed by atoms with van der Waals surface area (Å²) in [4.78, 5) is 0. The maximum atomic E-state index is 11.6. The summed E-state index contributed by atoms with van der Waals surface area (Å²) < 4.78 is 0. The Hall–Kier alpha value is -0.120. The van der Waals surface area contributed by atoms with Crippen molar-refractivity contribution < 1.29 is 15.3 Å². The third-order valence-electron chi connectivity index (χ3n) is 10.3. The Labute approximate surface area is 172 Å². The minimum absolute atomic E-state index is 0.142. The Kier molecular flexibility index (Phi) is 6.18. The molecule has 0 aromatic carbocycles. The topological polar surface area (TPSA) is 60.7 Å². The van der Waals surface area contributed by atoms with Crippen molar-refractivity contribution in [3.63, 3.8) is 0 Å². The number of fused-ring (bicyclic) bond motifs is 5. The van der Waals surface area contributed by atoms with Gasteiger partial charge in [-0.2, -0.15) is 0 Å². The summed E-state index contributed by atoms with van der Waals surface area (Å²) in [5.74, 6) is 4.92. The van der Waals surface area contributed by atoms with Gasteiger partial charge in [-0.3, -0.25) is 0 Å². The molecule has 3 nitrogen and oxygen atoms in total. The molecule has 3 heteroatoms. The largest absolute Gasteiger partial charge is 0.396 e. The molecule has 0 saturated heterocycles. The van der Waals surface area contributed by atoms with Crippen LogP contribution >= 0.6 is 0 Å². The molecule has 3 N–H and O–H groups in total.